The predicted octanol–water partition coefficient (Wildman–Crippen LogP) is 1.50. The highest BCUT2D eigenvalue weighted by Crippen LogP contribution is 2.58. The molecule has 0 bridgehead atoms. The van der Waals surface area contributed by atoms with Crippen LogP contribution in [0.1, 0.15) is 43.0 Å². The fraction of sp³-hybridized carbons (Fsp3) is 0.647. The molecular formula is C17H23N3O2. The highest BCUT2D eigenvalue weighted by molar-refractivity contribution is 5.77. The van der Waals surface area contributed by atoms with Gasteiger partial charge >= 0.3 is 0 Å². The molecule has 4 rings (SSSR count). The minimum atomic E-state index is -0.145. The summed E-state index contributed by atoms with van der Waals surface area (Å²) in [5.74, 6) is 1.80. The van der Waals surface area contributed by atoms with E-state index in [2.05, 4.69) is 5.32 Å². The zero-order chi connectivity index (χ0) is 15.3. The van der Waals surface area contributed by atoms with E-state index in [-0.39, 0.29) is 17.4 Å². The normalized spacial score (nSPS) is 36.5. The second kappa shape index (κ2) is 4.95. The van der Waals surface area contributed by atoms with Gasteiger partial charge in [0.05, 0.1) is 12.3 Å². The van der Waals surface area contributed by atoms with E-state index in [1.54, 1.807) is 0 Å². The predicted molar refractivity (Wildman–Crippen MR) is 82.6 cm³/mol. The molecule has 1 saturated carbocycles. The molecule has 0 radical (unpaired) electrons. The molecule has 5 nitrogen and oxygen atoms in total. The molecule has 1 saturated heterocycles. The Morgan fingerprint density at radius 1 is 1.41 bits per heavy atom. The summed E-state index contributed by atoms with van der Waals surface area (Å²) in [6, 6.07) is 4.05. The van der Waals surface area contributed by atoms with Crippen LogP contribution >= 0.6 is 0 Å². The number of aromatic nitrogens is 1. The summed E-state index contributed by atoms with van der Waals surface area (Å²) in [5.41, 5.74) is 7.78. The number of ether oxygens (including phenoxy) is 1. The smallest absolute Gasteiger partial charge is 0.220 e. The number of nitrogens with zero attached hydrogens (tertiary/aromatic N) is 1. The molecular weight excluding hydrogens is 278 g/mol. The van der Waals surface area contributed by atoms with Gasteiger partial charge in [0, 0.05) is 23.1 Å². The van der Waals surface area contributed by atoms with Crippen molar-refractivity contribution in [2.45, 2.75) is 44.1 Å². The maximum Gasteiger partial charge on any atom is 0.220 e. The largest absolute Gasteiger partial charge is 0.492 e. The molecule has 118 valence electrons. The first kappa shape index (κ1) is 14.0. The minimum absolute atomic E-state index is 0.0241. The van der Waals surface area contributed by atoms with Gasteiger partial charge in [0.15, 0.2) is 0 Å². The van der Waals surface area contributed by atoms with Crippen molar-refractivity contribution >= 4 is 5.91 Å². The first-order valence-electron chi connectivity index (χ1n) is 8.24. The maximum atomic E-state index is 11.6. The SMILES string of the molecule is Cc1ccc2c(n1)[C@@H](C1CC13CC(C(N)=O)CCN3)CCO2. The van der Waals surface area contributed by atoms with Gasteiger partial charge in [-0.25, -0.2) is 0 Å². The zero-order valence-electron chi connectivity index (χ0n) is 13.0. The molecule has 1 aromatic heterocycles. The Labute approximate surface area is 130 Å². The Bertz CT molecular complexity index is 618. The number of hydrogen-bond donors (Lipinski definition) is 2. The van der Waals surface area contributed by atoms with Gasteiger partial charge in [0.2, 0.25) is 5.91 Å². The molecule has 2 aliphatic heterocycles. The van der Waals surface area contributed by atoms with Crippen LogP contribution in [-0.2, 0) is 4.79 Å². The summed E-state index contributed by atoms with van der Waals surface area (Å²) < 4.78 is 5.76. The third-order valence-corrected chi connectivity index (χ3v) is 5.67. The summed E-state index contributed by atoms with van der Waals surface area (Å²) in [7, 11) is 0. The first-order valence-corrected chi connectivity index (χ1v) is 8.24. The van der Waals surface area contributed by atoms with Gasteiger partial charge in [-0.15, -0.1) is 0 Å². The van der Waals surface area contributed by atoms with Crippen LogP contribution in [0.15, 0.2) is 12.1 Å². The lowest BCUT2D eigenvalue weighted by Crippen LogP contribution is -2.46. The van der Waals surface area contributed by atoms with Gasteiger partial charge in [-0.05, 0) is 57.2 Å². The number of amides is 1. The summed E-state index contributed by atoms with van der Waals surface area (Å²) >= 11 is 0. The molecule has 5 heteroatoms. The Morgan fingerprint density at radius 2 is 2.27 bits per heavy atom. The number of aryl methyl sites for hydroxylation is 1. The second-order valence-corrected chi connectivity index (χ2v) is 7.07. The first-order chi connectivity index (χ1) is 10.6. The van der Waals surface area contributed by atoms with Gasteiger partial charge in [-0.1, -0.05) is 0 Å². The Balaban J connectivity index is 1.58. The average molecular weight is 301 g/mol. The summed E-state index contributed by atoms with van der Waals surface area (Å²) in [6.07, 6.45) is 3.88. The van der Waals surface area contributed by atoms with Crippen LogP contribution in [0.3, 0.4) is 0 Å². The van der Waals surface area contributed by atoms with Gasteiger partial charge in [-0.3, -0.25) is 9.78 Å². The lowest BCUT2D eigenvalue weighted by Gasteiger charge is -2.33. The van der Waals surface area contributed by atoms with Crippen LogP contribution in [0.5, 0.6) is 5.75 Å². The number of piperidine rings is 1. The van der Waals surface area contributed by atoms with Crippen LogP contribution in [0, 0.1) is 18.8 Å². The van der Waals surface area contributed by atoms with E-state index in [0.29, 0.717) is 11.8 Å². The zero-order valence-corrected chi connectivity index (χ0v) is 13.0. The molecule has 3 unspecified atom stereocenters. The number of fused-ring (bicyclic) bond motifs is 1. The highest BCUT2D eigenvalue weighted by Gasteiger charge is 2.60. The Hall–Kier alpha value is -1.62. The maximum absolute atomic E-state index is 11.6. The van der Waals surface area contributed by atoms with Crippen molar-refractivity contribution in [1.82, 2.24) is 10.3 Å². The van der Waals surface area contributed by atoms with Gasteiger partial charge in [0.25, 0.3) is 0 Å². The monoisotopic (exact) mass is 301 g/mol. The topological polar surface area (TPSA) is 77.2 Å². The molecule has 2 fully saturated rings. The number of nitrogens with one attached hydrogen (secondary N) is 1. The van der Waals surface area contributed by atoms with Crippen LogP contribution < -0.4 is 15.8 Å². The van der Waals surface area contributed by atoms with Crippen LogP contribution in [0.25, 0.3) is 0 Å². The van der Waals surface area contributed by atoms with E-state index in [0.717, 1.165) is 56.0 Å². The fourth-order valence-corrected chi connectivity index (χ4v) is 4.43. The van der Waals surface area contributed by atoms with E-state index in [4.69, 9.17) is 15.5 Å². The van der Waals surface area contributed by atoms with E-state index in [9.17, 15) is 4.79 Å². The van der Waals surface area contributed by atoms with Crippen LogP contribution in [-0.4, -0.2) is 29.6 Å². The van der Waals surface area contributed by atoms with Crippen molar-refractivity contribution in [2.75, 3.05) is 13.2 Å². The van der Waals surface area contributed by atoms with Crippen molar-refractivity contribution in [2.24, 2.45) is 17.6 Å². The standard InChI is InChI=1S/C17H23N3O2/c1-10-2-3-14-15(20-10)12(5-7-22-14)13-9-17(13)8-11(16(18)21)4-6-19-17/h2-3,11-13,19H,4-9H2,1H3,(H2,18,21)/t11?,12-,13?,17?/m1/s1. The number of primary amides is 1. The highest BCUT2D eigenvalue weighted by atomic mass is 16.5. The quantitative estimate of drug-likeness (QED) is 0.868. The third-order valence-electron chi connectivity index (χ3n) is 5.67. The Kier molecular flexibility index (Phi) is 3.15. The van der Waals surface area contributed by atoms with Crippen molar-refractivity contribution in [1.29, 1.82) is 0 Å². The van der Waals surface area contributed by atoms with Gasteiger partial charge in [0.1, 0.15) is 5.75 Å². The number of rotatable bonds is 2. The second-order valence-electron chi connectivity index (χ2n) is 7.07. The van der Waals surface area contributed by atoms with Crippen molar-refractivity contribution in [3.63, 3.8) is 0 Å². The molecule has 4 atom stereocenters. The van der Waals surface area contributed by atoms with E-state index in [1.165, 1.54) is 0 Å². The molecule has 1 aromatic rings. The number of nitrogens with two attached hydrogens (primary N) is 1. The van der Waals surface area contributed by atoms with Gasteiger partial charge in [-0.2, -0.15) is 0 Å². The van der Waals surface area contributed by atoms with E-state index < -0.39 is 0 Å². The van der Waals surface area contributed by atoms with Crippen molar-refractivity contribution in [3.05, 3.63) is 23.5 Å². The molecule has 1 aliphatic carbocycles. The molecule has 3 N–H and O–H groups in total. The lowest BCUT2D eigenvalue weighted by molar-refractivity contribution is -0.123. The molecule has 22 heavy (non-hydrogen) atoms. The summed E-state index contributed by atoms with van der Waals surface area (Å²) in [4.78, 5) is 16.3. The molecule has 1 amide bonds. The number of carbonyl (C=O) groups excluding carboxylic acids is 1. The minimum Gasteiger partial charge on any atom is -0.492 e. The van der Waals surface area contributed by atoms with Crippen LogP contribution in [0.4, 0.5) is 0 Å². The molecule has 0 aromatic carbocycles. The number of hydrogen-bond acceptors (Lipinski definition) is 4. The third kappa shape index (κ3) is 2.19. The Morgan fingerprint density at radius 3 is 3.09 bits per heavy atom. The van der Waals surface area contributed by atoms with E-state index >= 15 is 0 Å². The number of carbonyl (C=O) groups is 1. The number of pyridine rings is 1. The summed E-state index contributed by atoms with van der Waals surface area (Å²) in [5, 5.41) is 3.67. The molecule has 1 spiro atoms. The average Bonchev–Trinajstić information content (AvgIpc) is 3.19. The van der Waals surface area contributed by atoms with Gasteiger partial charge < -0.3 is 15.8 Å². The fourth-order valence-electron chi connectivity index (χ4n) is 4.43. The van der Waals surface area contributed by atoms with Crippen molar-refractivity contribution < 1.29 is 9.53 Å². The molecule has 3 aliphatic rings. The van der Waals surface area contributed by atoms with Crippen molar-refractivity contribution in [3.8, 4) is 5.75 Å². The molecule has 3 heterocycles. The lowest BCUT2D eigenvalue weighted by atomic mass is 9.84. The summed E-state index contributed by atoms with van der Waals surface area (Å²) in [6.45, 7) is 3.67. The van der Waals surface area contributed by atoms with Crippen LogP contribution in [0.2, 0.25) is 0 Å². The van der Waals surface area contributed by atoms with E-state index in [1.807, 2.05) is 19.1 Å².